The molecule has 0 unspecified atom stereocenters. The highest BCUT2D eigenvalue weighted by Gasteiger charge is 2.39. The summed E-state index contributed by atoms with van der Waals surface area (Å²) in [5.41, 5.74) is -1.32. The number of rotatable bonds is 7. The number of carbonyl (C=O) groups excluding carboxylic acids is 1. The van der Waals surface area contributed by atoms with Crippen LogP contribution in [-0.2, 0) is 16.6 Å². The van der Waals surface area contributed by atoms with E-state index in [1.165, 1.54) is 18.2 Å². The number of carbonyl (C=O) groups is 1. The number of benzene rings is 1. The molecule has 2 aliphatic heterocycles. The van der Waals surface area contributed by atoms with Crippen LogP contribution in [-0.4, -0.2) is 93.5 Å². The fraction of sp³-hybridized carbons (Fsp3) is 0.520. The van der Waals surface area contributed by atoms with Crippen molar-refractivity contribution < 1.29 is 32.2 Å². The quantitative estimate of drug-likeness (QED) is 0.353. The van der Waals surface area contributed by atoms with Crippen molar-refractivity contribution in [3.63, 3.8) is 0 Å². The third kappa shape index (κ3) is 5.76. The smallest absolute Gasteiger partial charge is 0.453 e. The average molecular weight is 552 g/mol. The second-order valence-corrected chi connectivity index (χ2v) is 9.94. The number of likely N-dealkylation sites (N-methyl/N-ethyl adjacent to an activating group) is 1. The lowest BCUT2D eigenvalue weighted by Crippen LogP contribution is -2.48. The van der Waals surface area contributed by atoms with Gasteiger partial charge in [-0.25, -0.2) is 4.39 Å². The number of aromatic nitrogens is 4. The van der Waals surface area contributed by atoms with Gasteiger partial charge in [0.25, 0.3) is 5.82 Å². The van der Waals surface area contributed by atoms with Crippen LogP contribution >= 0.6 is 0 Å². The molecule has 2 aromatic heterocycles. The number of nitrogens with zero attached hydrogens (tertiary/aromatic N) is 7. The summed E-state index contributed by atoms with van der Waals surface area (Å²) in [6.07, 6.45) is -3.71. The normalized spacial score (nSPS) is 18.7. The molecule has 2 aliphatic rings. The minimum Gasteiger partial charge on any atom is -0.493 e. The van der Waals surface area contributed by atoms with Crippen LogP contribution in [0.5, 0.6) is 5.75 Å². The predicted octanol–water partition coefficient (Wildman–Crippen LogP) is 2.31. The summed E-state index contributed by atoms with van der Waals surface area (Å²) in [6.45, 7) is 3.46. The Labute approximate surface area is 221 Å². The minimum absolute atomic E-state index is 0.0293. The fourth-order valence-corrected chi connectivity index (χ4v) is 4.94. The lowest BCUT2D eigenvalue weighted by atomic mass is 9.84. The molecule has 1 aromatic carbocycles. The highest BCUT2D eigenvalue weighted by Crippen LogP contribution is 2.37. The van der Waals surface area contributed by atoms with E-state index in [1.54, 1.807) is 29.0 Å². The number of amides is 1. The first-order valence-corrected chi connectivity index (χ1v) is 12.7. The first kappa shape index (κ1) is 27.1. The first-order chi connectivity index (χ1) is 18.5. The van der Waals surface area contributed by atoms with Crippen LogP contribution < -0.4 is 9.64 Å². The predicted molar refractivity (Wildman–Crippen MR) is 132 cm³/mol. The summed E-state index contributed by atoms with van der Waals surface area (Å²) in [5.74, 6) is -1.09. The number of halogens is 4. The van der Waals surface area contributed by atoms with E-state index >= 15 is 4.39 Å². The molecule has 2 fully saturated rings. The molecular formula is C25H29F4N7O3. The molecule has 0 aliphatic carbocycles. The maximum atomic E-state index is 15.0. The Kier molecular flexibility index (Phi) is 7.33. The number of hydrogen-bond acceptors (Lipinski definition) is 8. The van der Waals surface area contributed by atoms with Crippen molar-refractivity contribution in [3.05, 3.63) is 47.5 Å². The van der Waals surface area contributed by atoms with Crippen molar-refractivity contribution in [2.75, 3.05) is 57.8 Å². The molecule has 210 valence electrons. The summed E-state index contributed by atoms with van der Waals surface area (Å²) in [7, 11) is 1.79. The lowest BCUT2D eigenvalue weighted by molar-refractivity contribution is -0.146. The van der Waals surface area contributed by atoms with Gasteiger partial charge in [-0.15, -0.1) is 15.3 Å². The van der Waals surface area contributed by atoms with Gasteiger partial charge in [-0.05, 0) is 43.5 Å². The summed E-state index contributed by atoms with van der Waals surface area (Å²) in [6, 6.07) is 7.31. The van der Waals surface area contributed by atoms with E-state index in [1.807, 2.05) is 0 Å². The van der Waals surface area contributed by atoms with Crippen molar-refractivity contribution in [1.82, 2.24) is 29.6 Å². The average Bonchev–Trinajstić information content (AvgIpc) is 3.33. The number of aliphatic hydroxyl groups is 1. The standard InChI is InChI=1S/C25H29F4N7O3/c1-33-12-13-34(16-22(33)37)9-2-14-39-17-3-4-18(19(26)15-17)24(38)7-10-35(11-8-24)21-6-5-20-30-31-23(25(27,28)29)36(20)32-21/h3-6,15,38H,2,7-14,16H2,1H3. The van der Waals surface area contributed by atoms with E-state index < -0.39 is 23.4 Å². The number of piperidine rings is 1. The fourth-order valence-electron chi connectivity index (χ4n) is 4.94. The third-order valence-electron chi connectivity index (χ3n) is 7.28. The molecule has 1 amide bonds. The van der Waals surface area contributed by atoms with Gasteiger partial charge in [0.2, 0.25) is 5.91 Å². The molecule has 0 saturated carbocycles. The van der Waals surface area contributed by atoms with Crippen molar-refractivity contribution in [3.8, 4) is 5.75 Å². The van der Waals surface area contributed by atoms with Crippen LogP contribution in [0.2, 0.25) is 0 Å². The second kappa shape index (κ2) is 10.6. The summed E-state index contributed by atoms with van der Waals surface area (Å²) >= 11 is 0. The van der Waals surface area contributed by atoms with Gasteiger partial charge in [0.1, 0.15) is 17.4 Å². The van der Waals surface area contributed by atoms with E-state index in [0.29, 0.717) is 42.9 Å². The Hall–Kier alpha value is -3.52. The first-order valence-electron chi connectivity index (χ1n) is 12.7. The Bertz CT molecular complexity index is 1340. The maximum Gasteiger partial charge on any atom is 0.453 e. The Balaban J connectivity index is 1.17. The van der Waals surface area contributed by atoms with Gasteiger partial charge in [-0.2, -0.15) is 17.7 Å². The Morgan fingerprint density at radius 2 is 1.85 bits per heavy atom. The van der Waals surface area contributed by atoms with Crippen LogP contribution in [0.1, 0.15) is 30.7 Å². The van der Waals surface area contributed by atoms with Crippen molar-refractivity contribution >= 4 is 17.4 Å². The van der Waals surface area contributed by atoms with Gasteiger partial charge in [0.05, 0.1) is 18.8 Å². The second-order valence-electron chi connectivity index (χ2n) is 9.94. The van der Waals surface area contributed by atoms with Gasteiger partial charge in [0, 0.05) is 51.4 Å². The van der Waals surface area contributed by atoms with Crippen molar-refractivity contribution in [2.45, 2.75) is 31.0 Å². The minimum atomic E-state index is -4.70. The number of fused-ring (bicyclic) bond motifs is 1. The largest absolute Gasteiger partial charge is 0.493 e. The molecule has 1 N–H and O–H groups in total. The molecule has 0 atom stereocenters. The molecule has 4 heterocycles. The van der Waals surface area contributed by atoms with E-state index in [-0.39, 0.29) is 48.9 Å². The van der Waals surface area contributed by atoms with Crippen LogP contribution in [0.3, 0.4) is 0 Å². The number of alkyl halides is 3. The molecule has 2 saturated heterocycles. The molecule has 10 nitrogen and oxygen atoms in total. The van der Waals surface area contributed by atoms with Gasteiger partial charge in [0.15, 0.2) is 5.65 Å². The van der Waals surface area contributed by atoms with E-state index in [0.717, 1.165) is 6.54 Å². The highest BCUT2D eigenvalue weighted by atomic mass is 19.4. The van der Waals surface area contributed by atoms with Gasteiger partial charge >= 0.3 is 6.18 Å². The summed E-state index contributed by atoms with van der Waals surface area (Å²) < 4.78 is 61.0. The topological polar surface area (TPSA) is 99.3 Å². The summed E-state index contributed by atoms with van der Waals surface area (Å²) in [4.78, 5) is 17.3. The van der Waals surface area contributed by atoms with Crippen LogP contribution in [0.4, 0.5) is 23.4 Å². The zero-order valence-corrected chi connectivity index (χ0v) is 21.4. The van der Waals surface area contributed by atoms with Crippen LogP contribution in [0.25, 0.3) is 5.65 Å². The third-order valence-corrected chi connectivity index (χ3v) is 7.28. The van der Waals surface area contributed by atoms with Gasteiger partial charge < -0.3 is 19.6 Å². The number of anilines is 1. The zero-order valence-electron chi connectivity index (χ0n) is 21.4. The molecule has 39 heavy (non-hydrogen) atoms. The highest BCUT2D eigenvalue weighted by molar-refractivity contribution is 5.78. The lowest BCUT2D eigenvalue weighted by Gasteiger charge is -2.39. The molecule has 14 heteroatoms. The molecular weight excluding hydrogens is 522 g/mol. The number of hydrogen-bond donors (Lipinski definition) is 1. The number of ether oxygens (including phenoxy) is 1. The molecule has 0 radical (unpaired) electrons. The molecule has 5 rings (SSSR count). The van der Waals surface area contributed by atoms with Gasteiger partial charge in [-0.3, -0.25) is 9.69 Å². The molecule has 0 spiro atoms. The zero-order chi connectivity index (χ0) is 27.8. The number of piperazine rings is 1. The van der Waals surface area contributed by atoms with E-state index in [2.05, 4.69) is 20.2 Å². The molecule has 0 bridgehead atoms. The summed E-state index contributed by atoms with van der Waals surface area (Å²) in [5, 5.41) is 22.0. The maximum absolute atomic E-state index is 15.0. The van der Waals surface area contributed by atoms with Crippen LogP contribution in [0.15, 0.2) is 30.3 Å². The van der Waals surface area contributed by atoms with Crippen molar-refractivity contribution in [2.24, 2.45) is 0 Å². The van der Waals surface area contributed by atoms with Crippen molar-refractivity contribution in [1.29, 1.82) is 0 Å². The SMILES string of the molecule is CN1CCN(CCCOc2ccc(C3(O)CCN(c4ccc5nnc(C(F)(F)F)n5n4)CC3)c(F)c2)CC1=O. The molecule has 3 aromatic rings. The monoisotopic (exact) mass is 551 g/mol. The Morgan fingerprint density at radius 3 is 2.54 bits per heavy atom. The van der Waals surface area contributed by atoms with E-state index in [4.69, 9.17) is 4.74 Å². The van der Waals surface area contributed by atoms with Crippen LogP contribution in [0, 0.1) is 5.82 Å². The van der Waals surface area contributed by atoms with E-state index in [9.17, 15) is 23.1 Å². The Morgan fingerprint density at radius 1 is 1.08 bits per heavy atom. The van der Waals surface area contributed by atoms with Gasteiger partial charge in [-0.1, -0.05) is 0 Å².